The Morgan fingerprint density at radius 3 is 2.73 bits per heavy atom. The van der Waals surface area contributed by atoms with Crippen LogP contribution in [0.15, 0.2) is 42.7 Å². The number of benzene rings is 1. The van der Waals surface area contributed by atoms with Crippen LogP contribution in [0.5, 0.6) is 0 Å². The van der Waals surface area contributed by atoms with Gasteiger partial charge in [0, 0.05) is 16.8 Å². The van der Waals surface area contributed by atoms with E-state index >= 15 is 0 Å². The quantitative estimate of drug-likeness (QED) is 0.758. The Labute approximate surface area is 133 Å². The molecule has 0 saturated carbocycles. The molecule has 1 unspecified atom stereocenters. The van der Waals surface area contributed by atoms with Crippen molar-refractivity contribution in [1.82, 2.24) is 14.6 Å². The van der Waals surface area contributed by atoms with Gasteiger partial charge < -0.3 is 10.4 Å². The van der Waals surface area contributed by atoms with Gasteiger partial charge in [0.05, 0.1) is 18.8 Å². The maximum Gasteiger partial charge on any atom is 0.165 e. The Hall–Kier alpha value is -2.11. The van der Waals surface area contributed by atoms with Gasteiger partial charge in [0.1, 0.15) is 5.82 Å². The number of fused-ring (bicyclic) bond motifs is 1. The van der Waals surface area contributed by atoms with Crippen LogP contribution in [0.4, 0.5) is 5.82 Å². The van der Waals surface area contributed by atoms with Crippen molar-refractivity contribution in [3.63, 3.8) is 0 Å². The number of aliphatic hydroxyl groups is 1. The number of hydrogen-bond donors (Lipinski definition) is 2. The predicted molar refractivity (Wildman–Crippen MR) is 88.2 cm³/mol. The van der Waals surface area contributed by atoms with Crippen LogP contribution < -0.4 is 5.32 Å². The van der Waals surface area contributed by atoms with Gasteiger partial charge in [0.25, 0.3) is 0 Å². The highest BCUT2D eigenvalue weighted by Crippen LogP contribution is 2.25. The second kappa shape index (κ2) is 6.34. The lowest BCUT2D eigenvalue weighted by molar-refractivity contribution is 0.271. The molecule has 0 aliphatic rings. The Morgan fingerprint density at radius 2 is 2.05 bits per heavy atom. The van der Waals surface area contributed by atoms with Gasteiger partial charge in [-0.3, -0.25) is 0 Å². The average Bonchev–Trinajstić information content (AvgIpc) is 2.96. The van der Waals surface area contributed by atoms with E-state index in [1.54, 1.807) is 10.7 Å². The second-order valence-corrected chi connectivity index (χ2v) is 5.51. The fraction of sp³-hybridized carbons (Fsp3) is 0.250. The molecular weight excluding hydrogens is 300 g/mol. The summed E-state index contributed by atoms with van der Waals surface area (Å²) in [5, 5.41) is 17.5. The van der Waals surface area contributed by atoms with Crippen LogP contribution in [0, 0.1) is 0 Å². The van der Waals surface area contributed by atoms with Gasteiger partial charge in [0.15, 0.2) is 5.65 Å². The monoisotopic (exact) mass is 316 g/mol. The van der Waals surface area contributed by atoms with Crippen molar-refractivity contribution in [3.8, 4) is 11.1 Å². The molecule has 0 radical (unpaired) electrons. The van der Waals surface area contributed by atoms with E-state index in [-0.39, 0.29) is 12.6 Å². The third-order valence-electron chi connectivity index (χ3n) is 3.59. The lowest BCUT2D eigenvalue weighted by Gasteiger charge is -2.14. The first-order valence-electron chi connectivity index (χ1n) is 7.19. The maximum atomic E-state index is 9.30. The highest BCUT2D eigenvalue weighted by atomic mass is 35.5. The lowest BCUT2D eigenvalue weighted by Crippen LogP contribution is -2.23. The summed E-state index contributed by atoms with van der Waals surface area (Å²) in [6.07, 6.45) is 4.47. The summed E-state index contributed by atoms with van der Waals surface area (Å²) in [6.45, 7) is 2.09. The average molecular weight is 317 g/mol. The van der Waals surface area contributed by atoms with Crippen LogP contribution in [0.25, 0.3) is 16.8 Å². The summed E-state index contributed by atoms with van der Waals surface area (Å²) in [6, 6.07) is 9.44. The molecule has 1 aromatic carbocycles. The first kappa shape index (κ1) is 14.8. The van der Waals surface area contributed by atoms with E-state index in [0.29, 0.717) is 5.02 Å². The minimum atomic E-state index is -0.00291. The van der Waals surface area contributed by atoms with Gasteiger partial charge in [-0.15, -0.1) is 0 Å². The summed E-state index contributed by atoms with van der Waals surface area (Å²) in [5.41, 5.74) is 2.72. The molecule has 3 rings (SSSR count). The zero-order chi connectivity index (χ0) is 15.5. The molecule has 3 aromatic rings. The normalized spacial score (nSPS) is 12.5. The summed E-state index contributed by atoms with van der Waals surface area (Å²) < 4.78 is 1.73. The van der Waals surface area contributed by atoms with Crippen LogP contribution in [-0.2, 0) is 0 Å². The van der Waals surface area contributed by atoms with Gasteiger partial charge in [-0.05, 0) is 30.2 Å². The van der Waals surface area contributed by atoms with Gasteiger partial charge in [-0.25, -0.2) is 9.50 Å². The maximum absolute atomic E-state index is 9.30. The first-order chi connectivity index (χ1) is 10.7. The SMILES string of the molecule is CCC(CO)Nc1ccn2ncc(-c3ccc(Cl)cc3)c2n1. The molecule has 2 heterocycles. The van der Waals surface area contributed by atoms with Crippen LogP contribution >= 0.6 is 11.6 Å². The van der Waals surface area contributed by atoms with Crippen molar-refractivity contribution >= 4 is 23.1 Å². The van der Waals surface area contributed by atoms with Gasteiger partial charge in [-0.1, -0.05) is 30.7 Å². The van der Waals surface area contributed by atoms with Crippen molar-refractivity contribution in [1.29, 1.82) is 0 Å². The van der Waals surface area contributed by atoms with E-state index in [1.165, 1.54) is 0 Å². The lowest BCUT2D eigenvalue weighted by atomic mass is 10.1. The molecule has 2 N–H and O–H groups in total. The Kier molecular flexibility index (Phi) is 4.27. The van der Waals surface area contributed by atoms with Crippen LogP contribution in [-0.4, -0.2) is 32.4 Å². The zero-order valence-corrected chi connectivity index (χ0v) is 13.0. The van der Waals surface area contributed by atoms with Crippen molar-refractivity contribution in [3.05, 3.63) is 47.7 Å². The van der Waals surface area contributed by atoms with E-state index in [9.17, 15) is 5.11 Å². The smallest absolute Gasteiger partial charge is 0.165 e. The number of anilines is 1. The van der Waals surface area contributed by atoms with E-state index in [1.807, 2.05) is 43.5 Å². The van der Waals surface area contributed by atoms with Crippen LogP contribution in [0.2, 0.25) is 5.02 Å². The molecule has 0 aliphatic carbocycles. The first-order valence-corrected chi connectivity index (χ1v) is 7.56. The highest BCUT2D eigenvalue weighted by Gasteiger charge is 2.10. The van der Waals surface area contributed by atoms with Gasteiger partial charge in [0.2, 0.25) is 0 Å². The molecule has 2 aromatic heterocycles. The molecule has 1 atom stereocenters. The fourth-order valence-electron chi connectivity index (χ4n) is 2.27. The summed E-state index contributed by atoms with van der Waals surface area (Å²) >= 11 is 5.94. The second-order valence-electron chi connectivity index (χ2n) is 5.08. The molecule has 0 amide bonds. The molecule has 0 spiro atoms. The molecule has 114 valence electrons. The topological polar surface area (TPSA) is 62.5 Å². The van der Waals surface area contributed by atoms with Crippen molar-refractivity contribution in [2.75, 3.05) is 11.9 Å². The minimum Gasteiger partial charge on any atom is -0.394 e. The highest BCUT2D eigenvalue weighted by molar-refractivity contribution is 6.30. The van der Waals surface area contributed by atoms with Gasteiger partial charge in [-0.2, -0.15) is 5.10 Å². The van der Waals surface area contributed by atoms with E-state index in [4.69, 9.17) is 11.6 Å². The predicted octanol–water partition coefficient (Wildman–Crippen LogP) is 3.23. The number of nitrogens with one attached hydrogen (secondary N) is 1. The van der Waals surface area contributed by atoms with Gasteiger partial charge >= 0.3 is 0 Å². The number of rotatable bonds is 5. The van der Waals surface area contributed by atoms with Crippen molar-refractivity contribution in [2.24, 2.45) is 0 Å². The Balaban J connectivity index is 2.00. The number of halogens is 1. The number of nitrogens with zero attached hydrogens (tertiary/aromatic N) is 3. The molecule has 22 heavy (non-hydrogen) atoms. The third kappa shape index (κ3) is 2.91. The molecule has 0 aliphatic heterocycles. The van der Waals surface area contributed by atoms with E-state index in [2.05, 4.69) is 15.4 Å². The van der Waals surface area contributed by atoms with Crippen molar-refractivity contribution in [2.45, 2.75) is 19.4 Å². The summed E-state index contributed by atoms with van der Waals surface area (Å²) in [7, 11) is 0. The van der Waals surface area contributed by atoms with Crippen molar-refractivity contribution < 1.29 is 5.11 Å². The van der Waals surface area contributed by atoms with E-state index < -0.39 is 0 Å². The van der Waals surface area contributed by atoms with Crippen LogP contribution in [0.3, 0.4) is 0 Å². The summed E-state index contributed by atoms with van der Waals surface area (Å²) in [5.74, 6) is 0.726. The Morgan fingerprint density at radius 1 is 1.27 bits per heavy atom. The number of aliphatic hydroxyl groups excluding tert-OH is 1. The molecule has 0 saturated heterocycles. The zero-order valence-electron chi connectivity index (χ0n) is 12.2. The number of hydrogen-bond acceptors (Lipinski definition) is 4. The molecule has 6 heteroatoms. The largest absolute Gasteiger partial charge is 0.394 e. The van der Waals surface area contributed by atoms with E-state index in [0.717, 1.165) is 29.0 Å². The van der Waals surface area contributed by atoms with Crippen LogP contribution in [0.1, 0.15) is 13.3 Å². The minimum absolute atomic E-state index is 0.00291. The molecular formula is C16H17ClN4O. The summed E-state index contributed by atoms with van der Waals surface area (Å²) in [4.78, 5) is 4.61. The third-order valence-corrected chi connectivity index (χ3v) is 3.84. The fourth-order valence-corrected chi connectivity index (χ4v) is 2.39. The number of aromatic nitrogens is 3. The standard InChI is InChI=1S/C16H17ClN4O/c1-2-13(10-22)19-15-7-8-21-16(20-15)14(9-18-21)11-3-5-12(17)6-4-11/h3-9,13,22H,2,10H2,1H3,(H,19,20). The Bertz CT molecular complexity index is 765. The molecule has 5 nitrogen and oxygen atoms in total. The molecule has 0 fully saturated rings. The molecule has 0 bridgehead atoms.